The van der Waals surface area contributed by atoms with Crippen LogP contribution >= 0.6 is 0 Å². The van der Waals surface area contributed by atoms with Crippen molar-refractivity contribution in [2.45, 2.75) is 48.7 Å². The summed E-state index contributed by atoms with van der Waals surface area (Å²) in [6.45, 7) is 3.25. The molecular weight excluding hydrogens is 376 g/mol. The second-order valence-electron chi connectivity index (χ2n) is 5.93. The molecule has 0 heterocycles. The molecule has 0 saturated carbocycles. The predicted molar refractivity (Wildman–Crippen MR) is 97.6 cm³/mol. The van der Waals surface area contributed by atoms with Gasteiger partial charge in [0.1, 0.15) is 0 Å². The Hall–Kier alpha value is -1.74. The topological polar surface area (TPSA) is 86.7 Å². The molecule has 26 heavy (non-hydrogen) atoms. The first-order chi connectivity index (χ1) is 12.2. The van der Waals surface area contributed by atoms with Crippen LogP contribution in [0.25, 0.3) is 0 Å². The van der Waals surface area contributed by atoms with Crippen LogP contribution in [0.1, 0.15) is 26.7 Å². The fourth-order valence-electron chi connectivity index (χ4n) is 2.28. The number of hydrogen-bond acceptors (Lipinski definition) is 6. The summed E-state index contributed by atoms with van der Waals surface area (Å²) in [6, 6.07) is 15.7. The van der Waals surface area contributed by atoms with Gasteiger partial charge >= 0.3 is 0 Å². The van der Waals surface area contributed by atoms with Crippen LogP contribution in [0, 0.1) is 0 Å². The van der Waals surface area contributed by atoms with Crippen molar-refractivity contribution in [1.82, 2.24) is 0 Å². The van der Waals surface area contributed by atoms with E-state index >= 15 is 0 Å². The SMILES string of the molecule is CC(CCC(C)OS(=O)(=O)c1ccccc1)OS(=O)(=O)c1ccccc1. The minimum absolute atomic E-state index is 0.0859. The summed E-state index contributed by atoms with van der Waals surface area (Å²) in [5, 5.41) is 0. The van der Waals surface area contributed by atoms with E-state index in [4.69, 9.17) is 8.37 Å². The second-order valence-corrected chi connectivity index (χ2v) is 9.07. The molecule has 2 atom stereocenters. The molecule has 0 radical (unpaired) electrons. The quantitative estimate of drug-likeness (QED) is 0.602. The normalized spacial score (nSPS) is 14.7. The maximum atomic E-state index is 12.2. The third-order valence-corrected chi connectivity index (χ3v) is 6.49. The van der Waals surface area contributed by atoms with Crippen molar-refractivity contribution in [3.8, 4) is 0 Å². The van der Waals surface area contributed by atoms with Crippen LogP contribution in [0.3, 0.4) is 0 Å². The van der Waals surface area contributed by atoms with Crippen molar-refractivity contribution in [2.24, 2.45) is 0 Å². The first-order valence-electron chi connectivity index (χ1n) is 8.17. The van der Waals surface area contributed by atoms with Gasteiger partial charge < -0.3 is 0 Å². The molecule has 0 saturated heterocycles. The monoisotopic (exact) mass is 398 g/mol. The Labute approximate surface area is 155 Å². The van der Waals surface area contributed by atoms with Crippen LogP contribution < -0.4 is 0 Å². The molecule has 0 fully saturated rings. The van der Waals surface area contributed by atoms with Gasteiger partial charge in [0.15, 0.2) is 0 Å². The highest BCUT2D eigenvalue weighted by Gasteiger charge is 2.22. The molecule has 0 aliphatic carbocycles. The molecule has 0 aliphatic heterocycles. The molecule has 0 N–H and O–H groups in total. The summed E-state index contributed by atoms with van der Waals surface area (Å²) >= 11 is 0. The highest BCUT2D eigenvalue weighted by atomic mass is 32.2. The van der Waals surface area contributed by atoms with E-state index in [1.165, 1.54) is 24.3 Å². The van der Waals surface area contributed by atoms with Gasteiger partial charge in [0.25, 0.3) is 20.2 Å². The van der Waals surface area contributed by atoms with E-state index < -0.39 is 32.4 Å². The molecule has 0 aromatic heterocycles. The Balaban J connectivity index is 1.88. The van der Waals surface area contributed by atoms with Gasteiger partial charge in [-0.2, -0.15) is 16.8 Å². The second kappa shape index (κ2) is 8.77. The fraction of sp³-hybridized carbons (Fsp3) is 0.333. The average Bonchev–Trinajstić information content (AvgIpc) is 2.61. The third kappa shape index (κ3) is 5.91. The van der Waals surface area contributed by atoms with Crippen molar-refractivity contribution in [3.05, 3.63) is 60.7 Å². The van der Waals surface area contributed by atoms with Crippen LogP contribution in [0.4, 0.5) is 0 Å². The first kappa shape index (κ1) is 20.6. The zero-order chi connectivity index (χ0) is 19.2. The van der Waals surface area contributed by atoms with Crippen LogP contribution in [0.5, 0.6) is 0 Å². The highest BCUT2D eigenvalue weighted by molar-refractivity contribution is 7.87. The summed E-state index contributed by atoms with van der Waals surface area (Å²) in [5.41, 5.74) is 0. The Morgan fingerprint density at radius 3 is 1.27 bits per heavy atom. The lowest BCUT2D eigenvalue weighted by Crippen LogP contribution is -2.20. The minimum atomic E-state index is -3.84. The van der Waals surface area contributed by atoms with Gasteiger partial charge in [0, 0.05) is 0 Å². The van der Waals surface area contributed by atoms with E-state index in [-0.39, 0.29) is 9.79 Å². The van der Waals surface area contributed by atoms with Gasteiger partial charge in [-0.1, -0.05) is 36.4 Å². The number of hydrogen-bond donors (Lipinski definition) is 0. The van der Waals surface area contributed by atoms with E-state index in [2.05, 4.69) is 0 Å². The van der Waals surface area contributed by atoms with Crippen LogP contribution in [0.2, 0.25) is 0 Å². The number of benzene rings is 2. The third-order valence-electron chi connectivity index (χ3n) is 3.63. The van der Waals surface area contributed by atoms with E-state index in [0.717, 1.165) is 0 Å². The summed E-state index contributed by atoms with van der Waals surface area (Å²) in [5.74, 6) is 0. The predicted octanol–water partition coefficient (Wildman–Crippen LogP) is 3.35. The summed E-state index contributed by atoms with van der Waals surface area (Å²) in [6.07, 6.45) is -0.550. The highest BCUT2D eigenvalue weighted by Crippen LogP contribution is 2.19. The molecule has 0 amide bonds. The Morgan fingerprint density at radius 1 is 0.654 bits per heavy atom. The lowest BCUT2D eigenvalue weighted by atomic mass is 10.1. The Morgan fingerprint density at radius 2 is 0.962 bits per heavy atom. The zero-order valence-corrected chi connectivity index (χ0v) is 16.2. The molecule has 2 unspecified atom stereocenters. The van der Waals surface area contributed by atoms with E-state index in [1.807, 2.05) is 0 Å². The maximum absolute atomic E-state index is 12.2. The molecule has 0 spiro atoms. The zero-order valence-electron chi connectivity index (χ0n) is 14.6. The van der Waals surface area contributed by atoms with Crippen LogP contribution in [0.15, 0.2) is 70.5 Å². The van der Waals surface area contributed by atoms with Crippen molar-refractivity contribution in [2.75, 3.05) is 0 Å². The summed E-state index contributed by atoms with van der Waals surface area (Å²) in [4.78, 5) is 0.172. The largest absolute Gasteiger partial charge is 0.297 e. The molecule has 2 aromatic carbocycles. The molecule has 8 heteroatoms. The average molecular weight is 399 g/mol. The molecule has 142 valence electrons. The molecular formula is C18H22O6S2. The molecule has 2 rings (SSSR count). The van der Waals surface area contributed by atoms with Crippen molar-refractivity contribution in [3.63, 3.8) is 0 Å². The van der Waals surface area contributed by atoms with Gasteiger partial charge in [-0.05, 0) is 51.0 Å². The summed E-state index contributed by atoms with van der Waals surface area (Å²) in [7, 11) is -7.69. The maximum Gasteiger partial charge on any atom is 0.297 e. The molecule has 0 aliphatic rings. The smallest absolute Gasteiger partial charge is 0.263 e. The Kier molecular flexibility index (Phi) is 6.94. The standard InChI is InChI=1S/C18H22O6S2/c1-15(23-25(19,20)17-9-5-3-6-10-17)13-14-16(2)24-26(21,22)18-11-7-4-8-12-18/h3-12,15-16H,13-14H2,1-2H3. The minimum Gasteiger partial charge on any atom is -0.263 e. The van der Waals surface area contributed by atoms with Gasteiger partial charge in [-0.15, -0.1) is 0 Å². The van der Waals surface area contributed by atoms with Crippen molar-refractivity contribution in [1.29, 1.82) is 0 Å². The molecule has 2 aromatic rings. The van der Waals surface area contributed by atoms with Gasteiger partial charge in [0.05, 0.1) is 22.0 Å². The van der Waals surface area contributed by atoms with Gasteiger partial charge in [0.2, 0.25) is 0 Å². The number of rotatable bonds is 9. The van der Waals surface area contributed by atoms with Crippen LogP contribution in [-0.4, -0.2) is 29.0 Å². The molecule has 0 bridgehead atoms. The summed E-state index contributed by atoms with van der Waals surface area (Å²) < 4.78 is 58.9. The van der Waals surface area contributed by atoms with Crippen molar-refractivity contribution < 1.29 is 25.2 Å². The molecule has 6 nitrogen and oxygen atoms in total. The van der Waals surface area contributed by atoms with Gasteiger partial charge in [-0.3, -0.25) is 8.37 Å². The fourth-order valence-corrected chi connectivity index (χ4v) is 4.54. The van der Waals surface area contributed by atoms with Gasteiger partial charge in [-0.25, -0.2) is 0 Å². The first-order valence-corrected chi connectivity index (χ1v) is 11.0. The van der Waals surface area contributed by atoms with Crippen LogP contribution in [-0.2, 0) is 28.6 Å². The van der Waals surface area contributed by atoms with E-state index in [9.17, 15) is 16.8 Å². The lowest BCUT2D eigenvalue weighted by molar-refractivity contribution is 0.168. The van der Waals surface area contributed by atoms with E-state index in [0.29, 0.717) is 12.8 Å². The lowest BCUT2D eigenvalue weighted by Gasteiger charge is -2.16. The Bertz CT molecular complexity index is 816. The van der Waals surface area contributed by atoms with Crippen molar-refractivity contribution >= 4 is 20.2 Å². The van der Waals surface area contributed by atoms with E-state index in [1.54, 1.807) is 50.2 Å².